The van der Waals surface area contributed by atoms with Crippen molar-refractivity contribution in [2.75, 3.05) is 26.4 Å². The lowest BCUT2D eigenvalue weighted by Gasteiger charge is -2.18. The number of hydrogen-bond acceptors (Lipinski definition) is 2. The van der Waals surface area contributed by atoms with E-state index in [0.29, 0.717) is 6.73 Å². The van der Waals surface area contributed by atoms with Crippen LogP contribution in [0.5, 0.6) is 0 Å². The maximum Gasteiger partial charge on any atom is 0.0995 e. The van der Waals surface area contributed by atoms with Crippen LogP contribution in [0, 0.1) is 0 Å². The van der Waals surface area contributed by atoms with Gasteiger partial charge in [-0.15, -0.1) is 13.2 Å². The zero-order valence-electron chi connectivity index (χ0n) is 9.37. The lowest BCUT2D eigenvalue weighted by Crippen LogP contribution is -2.27. The summed E-state index contributed by atoms with van der Waals surface area (Å²) in [6.45, 7) is 12.9. The van der Waals surface area contributed by atoms with Crippen LogP contribution in [0.4, 0.5) is 0 Å². The maximum absolute atomic E-state index is 5.53. The van der Waals surface area contributed by atoms with Crippen LogP contribution in [-0.2, 0) is 4.74 Å². The average molecular weight is 197 g/mol. The van der Waals surface area contributed by atoms with Gasteiger partial charge in [0.1, 0.15) is 0 Å². The summed E-state index contributed by atoms with van der Waals surface area (Å²) in [5.74, 6) is 0. The Labute approximate surface area is 88.2 Å². The highest BCUT2D eigenvalue weighted by Gasteiger charge is 1.99. The highest BCUT2D eigenvalue weighted by atomic mass is 16.5. The molecular weight excluding hydrogens is 174 g/mol. The molecule has 0 amide bonds. The van der Waals surface area contributed by atoms with Crippen molar-refractivity contribution in [3.8, 4) is 0 Å². The zero-order valence-corrected chi connectivity index (χ0v) is 9.37. The van der Waals surface area contributed by atoms with Crippen molar-refractivity contribution >= 4 is 0 Å². The second-order valence-corrected chi connectivity index (χ2v) is 3.36. The van der Waals surface area contributed by atoms with E-state index in [9.17, 15) is 0 Å². The topological polar surface area (TPSA) is 12.5 Å². The molecule has 0 aliphatic rings. The van der Waals surface area contributed by atoms with E-state index in [-0.39, 0.29) is 0 Å². The van der Waals surface area contributed by atoms with Crippen molar-refractivity contribution in [2.45, 2.75) is 26.2 Å². The SMILES string of the molecule is C=CCN(CC=C)COCCCCC. The summed E-state index contributed by atoms with van der Waals surface area (Å²) in [6, 6.07) is 0. The minimum Gasteiger partial charge on any atom is -0.366 e. The van der Waals surface area contributed by atoms with Gasteiger partial charge < -0.3 is 4.74 Å². The summed E-state index contributed by atoms with van der Waals surface area (Å²) in [5, 5.41) is 0. The van der Waals surface area contributed by atoms with Gasteiger partial charge in [0, 0.05) is 19.7 Å². The summed E-state index contributed by atoms with van der Waals surface area (Å²) in [7, 11) is 0. The molecule has 0 bridgehead atoms. The summed E-state index contributed by atoms with van der Waals surface area (Å²) in [5.41, 5.74) is 0. The second kappa shape index (κ2) is 10.5. The Balaban J connectivity index is 3.39. The maximum atomic E-state index is 5.53. The number of unbranched alkanes of at least 4 members (excludes halogenated alkanes) is 2. The Morgan fingerprint density at radius 3 is 2.29 bits per heavy atom. The summed E-state index contributed by atoms with van der Waals surface area (Å²) < 4.78 is 5.53. The molecule has 0 N–H and O–H groups in total. The van der Waals surface area contributed by atoms with Crippen molar-refractivity contribution < 1.29 is 4.74 Å². The fourth-order valence-electron chi connectivity index (χ4n) is 1.19. The quantitative estimate of drug-likeness (QED) is 0.303. The van der Waals surface area contributed by atoms with Gasteiger partial charge in [-0.25, -0.2) is 0 Å². The molecule has 0 radical (unpaired) electrons. The minimum atomic E-state index is 0.682. The average Bonchev–Trinajstić information content (AvgIpc) is 2.18. The summed E-state index contributed by atoms with van der Waals surface area (Å²) in [4.78, 5) is 2.16. The molecule has 0 heterocycles. The van der Waals surface area contributed by atoms with Crippen LogP contribution in [0.3, 0.4) is 0 Å². The molecule has 2 nitrogen and oxygen atoms in total. The van der Waals surface area contributed by atoms with E-state index < -0.39 is 0 Å². The predicted molar refractivity (Wildman–Crippen MR) is 62.3 cm³/mol. The smallest absolute Gasteiger partial charge is 0.0995 e. The van der Waals surface area contributed by atoms with Gasteiger partial charge in [0.25, 0.3) is 0 Å². The van der Waals surface area contributed by atoms with Crippen molar-refractivity contribution in [3.05, 3.63) is 25.3 Å². The molecule has 82 valence electrons. The zero-order chi connectivity index (χ0) is 10.6. The van der Waals surface area contributed by atoms with E-state index in [4.69, 9.17) is 4.74 Å². The van der Waals surface area contributed by atoms with Gasteiger partial charge in [0.15, 0.2) is 0 Å². The largest absolute Gasteiger partial charge is 0.366 e. The number of nitrogens with zero attached hydrogens (tertiary/aromatic N) is 1. The Morgan fingerprint density at radius 1 is 1.14 bits per heavy atom. The molecule has 14 heavy (non-hydrogen) atoms. The number of rotatable bonds is 10. The Kier molecular flexibility index (Phi) is 10.0. The molecule has 0 aromatic rings. The minimum absolute atomic E-state index is 0.682. The van der Waals surface area contributed by atoms with Crippen molar-refractivity contribution in [1.29, 1.82) is 0 Å². The molecule has 0 aliphatic heterocycles. The van der Waals surface area contributed by atoms with E-state index in [2.05, 4.69) is 25.0 Å². The third-order valence-corrected chi connectivity index (χ3v) is 1.94. The van der Waals surface area contributed by atoms with Gasteiger partial charge in [-0.2, -0.15) is 0 Å². The van der Waals surface area contributed by atoms with E-state index in [1.54, 1.807) is 0 Å². The first-order chi connectivity index (χ1) is 6.85. The van der Waals surface area contributed by atoms with Crippen LogP contribution < -0.4 is 0 Å². The van der Waals surface area contributed by atoms with E-state index in [1.807, 2.05) is 12.2 Å². The van der Waals surface area contributed by atoms with Gasteiger partial charge in [-0.1, -0.05) is 31.9 Å². The van der Waals surface area contributed by atoms with Crippen molar-refractivity contribution in [3.63, 3.8) is 0 Å². The summed E-state index contributed by atoms with van der Waals surface area (Å²) >= 11 is 0. The fraction of sp³-hybridized carbons (Fsp3) is 0.667. The monoisotopic (exact) mass is 197 g/mol. The number of ether oxygens (including phenoxy) is 1. The molecule has 0 fully saturated rings. The second-order valence-electron chi connectivity index (χ2n) is 3.36. The van der Waals surface area contributed by atoms with Gasteiger partial charge in [-0.05, 0) is 6.42 Å². The first-order valence-electron chi connectivity index (χ1n) is 5.37. The van der Waals surface area contributed by atoms with Gasteiger partial charge in [0.2, 0.25) is 0 Å². The van der Waals surface area contributed by atoms with Crippen LogP contribution in [-0.4, -0.2) is 31.3 Å². The van der Waals surface area contributed by atoms with Gasteiger partial charge in [0.05, 0.1) is 6.73 Å². The highest BCUT2D eigenvalue weighted by molar-refractivity contribution is 4.78. The van der Waals surface area contributed by atoms with E-state index in [0.717, 1.165) is 26.1 Å². The Morgan fingerprint density at radius 2 is 1.79 bits per heavy atom. The first kappa shape index (κ1) is 13.4. The first-order valence-corrected chi connectivity index (χ1v) is 5.37. The summed E-state index contributed by atoms with van der Waals surface area (Å²) in [6.07, 6.45) is 7.43. The normalized spacial score (nSPS) is 10.4. The van der Waals surface area contributed by atoms with Crippen LogP contribution in [0.25, 0.3) is 0 Å². The molecule has 0 unspecified atom stereocenters. The molecule has 0 aromatic carbocycles. The van der Waals surface area contributed by atoms with Gasteiger partial charge in [-0.3, -0.25) is 4.90 Å². The molecule has 0 saturated carbocycles. The van der Waals surface area contributed by atoms with Crippen LogP contribution in [0.15, 0.2) is 25.3 Å². The van der Waals surface area contributed by atoms with Gasteiger partial charge >= 0.3 is 0 Å². The third kappa shape index (κ3) is 8.02. The third-order valence-electron chi connectivity index (χ3n) is 1.94. The van der Waals surface area contributed by atoms with E-state index in [1.165, 1.54) is 12.8 Å². The lowest BCUT2D eigenvalue weighted by atomic mass is 10.3. The van der Waals surface area contributed by atoms with E-state index >= 15 is 0 Å². The molecule has 0 aromatic heterocycles. The Hall–Kier alpha value is -0.600. The molecule has 0 aliphatic carbocycles. The molecule has 0 spiro atoms. The van der Waals surface area contributed by atoms with Crippen molar-refractivity contribution in [1.82, 2.24) is 4.90 Å². The van der Waals surface area contributed by atoms with Crippen molar-refractivity contribution in [2.24, 2.45) is 0 Å². The standard InChI is InChI=1S/C12H23NO/c1-4-7-8-11-14-12-13(9-5-2)10-6-3/h5-6H,2-4,7-12H2,1H3. The molecule has 0 saturated heterocycles. The van der Waals surface area contributed by atoms with Crippen LogP contribution in [0.2, 0.25) is 0 Å². The Bertz CT molecular complexity index is 135. The number of hydrogen-bond donors (Lipinski definition) is 0. The highest BCUT2D eigenvalue weighted by Crippen LogP contribution is 1.96. The fourth-order valence-corrected chi connectivity index (χ4v) is 1.19. The predicted octanol–water partition coefficient (Wildman–Crippen LogP) is 2.82. The molecule has 0 rings (SSSR count). The lowest BCUT2D eigenvalue weighted by molar-refractivity contribution is 0.0391. The van der Waals surface area contributed by atoms with Crippen LogP contribution in [0.1, 0.15) is 26.2 Å². The molecular formula is C12H23NO. The van der Waals surface area contributed by atoms with Crippen LogP contribution >= 0.6 is 0 Å². The molecule has 0 atom stereocenters. The molecule has 2 heteroatoms.